The minimum atomic E-state index is 0.599. The van der Waals surface area contributed by atoms with Crippen LogP contribution in [0.15, 0.2) is 24.3 Å². The van der Waals surface area contributed by atoms with Crippen molar-refractivity contribution in [1.82, 2.24) is 4.90 Å². The summed E-state index contributed by atoms with van der Waals surface area (Å²) < 4.78 is 0. The summed E-state index contributed by atoms with van der Waals surface area (Å²) in [6.45, 7) is 7.90. The number of fused-ring (bicyclic) bond motifs is 1. The van der Waals surface area contributed by atoms with Crippen LogP contribution in [0.1, 0.15) is 19.4 Å². The summed E-state index contributed by atoms with van der Waals surface area (Å²) in [5.41, 5.74) is 2.80. The van der Waals surface area contributed by atoms with E-state index in [1.807, 2.05) is 0 Å². The molecule has 1 N–H and O–H groups in total. The van der Waals surface area contributed by atoms with Gasteiger partial charge in [0.1, 0.15) is 0 Å². The lowest BCUT2D eigenvalue weighted by atomic mass is 10.1. The topological polar surface area (TPSA) is 15.3 Å². The fourth-order valence-corrected chi connectivity index (χ4v) is 2.28. The zero-order valence-electron chi connectivity index (χ0n) is 9.66. The highest BCUT2D eigenvalue weighted by Gasteiger charge is 2.20. The third-order valence-corrected chi connectivity index (χ3v) is 3.22. The van der Waals surface area contributed by atoms with Gasteiger partial charge in [-0.15, -0.1) is 0 Å². The van der Waals surface area contributed by atoms with E-state index in [0.29, 0.717) is 6.04 Å². The van der Waals surface area contributed by atoms with E-state index in [9.17, 15) is 0 Å². The third kappa shape index (κ3) is 2.32. The van der Waals surface area contributed by atoms with Gasteiger partial charge in [0.2, 0.25) is 0 Å². The molecule has 0 aromatic heterocycles. The Labute approximate surface area is 92.3 Å². The van der Waals surface area contributed by atoms with Crippen LogP contribution >= 0.6 is 0 Å². The van der Waals surface area contributed by atoms with E-state index in [1.54, 1.807) is 0 Å². The molecule has 1 atom stereocenters. The molecule has 0 amide bonds. The van der Waals surface area contributed by atoms with Gasteiger partial charge in [-0.05, 0) is 31.1 Å². The zero-order valence-corrected chi connectivity index (χ0v) is 9.66. The zero-order chi connectivity index (χ0) is 10.7. The van der Waals surface area contributed by atoms with Gasteiger partial charge in [-0.3, -0.25) is 0 Å². The van der Waals surface area contributed by atoms with E-state index in [1.165, 1.54) is 17.7 Å². The molecule has 0 fully saturated rings. The van der Waals surface area contributed by atoms with Crippen LogP contribution in [0.3, 0.4) is 0 Å². The predicted molar refractivity (Wildman–Crippen MR) is 65.3 cm³/mol. The van der Waals surface area contributed by atoms with Crippen LogP contribution in [0.25, 0.3) is 0 Å². The molecule has 0 spiro atoms. The Morgan fingerprint density at radius 2 is 2.00 bits per heavy atom. The molecule has 0 bridgehead atoms. The monoisotopic (exact) mass is 204 g/mol. The van der Waals surface area contributed by atoms with Gasteiger partial charge < -0.3 is 10.2 Å². The van der Waals surface area contributed by atoms with Gasteiger partial charge in [-0.1, -0.05) is 32.0 Å². The van der Waals surface area contributed by atoms with Crippen molar-refractivity contribution in [3.05, 3.63) is 29.8 Å². The lowest BCUT2D eigenvalue weighted by molar-refractivity contribution is 0.291. The van der Waals surface area contributed by atoms with Crippen LogP contribution in [-0.2, 0) is 6.42 Å². The first kappa shape index (κ1) is 10.5. The van der Waals surface area contributed by atoms with Crippen LogP contribution in [0.2, 0.25) is 0 Å². The summed E-state index contributed by atoms with van der Waals surface area (Å²) in [6.07, 6.45) is 1.17. The number of para-hydroxylation sites is 1. The highest BCUT2D eigenvalue weighted by molar-refractivity contribution is 5.56. The third-order valence-electron chi connectivity index (χ3n) is 3.22. The first-order valence-corrected chi connectivity index (χ1v) is 5.90. The first-order valence-electron chi connectivity index (χ1n) is 5.90. The van der Waals surface area contributed by atoms with E-state index in [2.05, 4.69) is 48.3 Å². The molecule has 1 aromatic rings. The summed E-state index contributed by atoms with van der Waals surface area (Å²) in [7, 11) is 0. The van der Waals surface area contributed by atoms with Crippen molar-refractivity contribution in [2.75, 3.05) is 25.0 Å². The summed E-state index contributed by atoms with van der Waals surface area (Å²) in [4.78, 5) is 2.48. The van der Waals surface area contributed by atoms with Gasteiger partial charge in [-0.25, -0.2) is 0 Å². The minimum Gasteiger partial charge on any atom is -0.380 e. The smallest absolute Gasteiger partial charge is 0.0429 e. The van der Waals surface area contributed by atoms with Crippen molar-refractivity contribution in [2.24, 2.45) is 0 Å². The van der Waals surface area contributed by atoms with Crippen LogP contribution < -0.4 is 5.32 Å². The maximum Gasteiger partial charge on any atom is 0.0429 e. The Kier molecular flexibility index (Phi) is 3.27. The van der Waals surface area contributed by atoms with Crippen LogP contribution in [0.4, 0.5) is 5.69 Å². The number of anilines is 1. The molecule has 0 aliphatic carbocycles. The van der Waals surface area contributed by atoms with Crippen molar-refractivity contribution in [2.45, 2.75) is 26.3 Å². The maximum absolute atomic E-state index is 3.59. The number of hydrogen-bond acceptors (Lipinski definition) is 2. The summed E-state index contributed by atoms with van der Waals surface area (Å²) in [5, 5.41) is 3.59. The molecular formula is C13H20N2. The second-order valence-electron chi connectivity index (χ2n) is 4.19. The first-order chi connectivity index (χ1) is 7.33. The van der Waals surface area contributed by atoms with Crippen LogP contribution in [0, 0.1) is 0 Å². The Morgan fingerprint density at radius 3 is 2.67 bits per heavy atom. The van der Waals surface area contributed by atoms with E-state index in [0.717, 1.165) is 19.6 Å². The maximum atomic E-state index is 3.59. The molecule has 15 heavy (non-hydrogen) atoms. The molecular weight excluding hydrogens is 184 g/mol. The van der Waals surface area contributed by atoms with Crippen molar-refractivity contribution in [1.29, 1.82) is 0 Å². The normalized spacial score (nSPS) is 19.0. The molecule has 2 heteroatoms. The Bertz CT molecular complexity index is 293. The number of benzene rings is 1. The van der Waals surface area contributed by atoms with Gasteiger partial charge in [0.25, 0.3) is 0 Å². The minimum absolute atomic E-state index is 0.599. The second-order valence-corrected chi connectivity index (χ2v) is 4.19. The van der Waals surface area contributed by atoms with Crippen molar-refractivity contribution >= 4 is 5.69 Å². The molecule has 82 valence electrons. The predicted octanol–water partition coefficient (Wildman–Crippen LogP) is 2.37. The molecule has 0 unspecified atom stereocenters. The summed E-state index contributed by atoms with van der Waals surface area (Å²) in [5.74, 6) is 0. The Morgan fingerprint density at radius 1 is 1.27 bits per heavy atom. The largest absolute Gasteiger partial charge is 0.380 e. The fraction of sp³-hybridized carbons (Fsp3) is 0.538. The second kappa shape index (κ2) is 4.67. The highest BCUT2D eigenvalue weighted by Crippen LogP contribution is 2.25. The lowest BCUT2D eigenvalue weighted by Crippen LogP contribution is -2.35. The van der Waals surface area contributed by atoms with Crippen molar-refractivity contribution in [3.63, 3.8) is 0 Å². The Balaban J connectivity index is 1.95. The van der Waals surface area contributed by atoms with Gasteiger partial charge >= 0.3 is 0 Å². The average molecular weight is 204 g/mol. The van der Waals surface area contributed by atoms with Gasteiger partial charge in [0.05, 0.1) is 0 Å². The molecule has 0 radical (unpaired) electrons. The SMILES string of the molecule is CCN(CC)C[C@@H]1Cc2ccccc2N1. The van der Waals surface area contributed by atoms with E-state index >= 15 is 0 Å². The fourth-order valence-electron chi connectivity index (χ4n) is 2.28. The molecule has 1 aliphatic rings. The van der Waals surface area contributed by atoms with Crippen molar-refractivity contribution in [3.8, 4) is 0 Å². The van der Waals surface area contributed by atoms with Crippen molar-refractivity contribution < 1.29 is 0 Å². The molecule has 2 rings (SSSR count). The molecule has 0 saturated carbocycles. The number of nitrogens with one attached hydrogen (secondary N) is 1. The highest BCUT2D eigenvalue weighted by atomic mass is 15.1. The number of likely N-dealkylation sites (N-methyl/N-ethyl adjacent to an activating group) is 1. The average Bonchev–Trinajstić information content (AvgIpc) is 2.68. The summed E-state index contributed by atoms with van der Waals surface area (Å²) >= 11 is 0. The molecule has 1 aromatic carbocycles. The molecule has 1 aliphatic heterocycles. The number of rotatable bonds is 4. The van der Waals surface area contributed by atoms with E-state index < -0.39 is 0 Å². The standard InChI is InChI=1S/C13H20N2/c1-3-15(4-2)10-12-9-11-7-5-6-8-13(11)14-12/h5-8,12,14H,3-4,9-10H2,1-2H3/t12-/m0/s1. The number of nitrogens with zero attached hydrogens (tertiary/aromatic N) is 1. The van der Waals surface area contributed by atoms with Crippen LogP contribution in [0.5, 0.6) is 0 Å². The molecule has 1 heterocycles. The number of hydrogen-bond donors (Lipinski definition) is 1. The van der Waals surface area contributed by atoms with Gasteiger partial charge in [0, 0.05) is 18.3 Å². The van der Waals surface area contributed by atoms with Crippen LogP contribution in [-0.4, -0.2) is 30.6 Å². The Hall–Kier alpha value is -1.02. The van der Waals surface area contributed by atoms with E-state index in [-0.39, 0.29) is 0 Å². The molecule has 2 nitrogen and oxygen atoms in total. The van der Waals surface area contributed by atoms with Gasteiger partial charge in [0.15, 0.2) is 0 Å². The lowest BCUT2D eigenvalue weighted by Gasteiger charge is -2.22. The van der Waals surface area contributed by atoms with E-state index in [4.69, 9.17) is 0 Å². The quantitative estimate of drug-likeness (QED) is 0.810. The summed E-state index contributed by atoms with van der Waals surface area (Å²) in [6, 6.07) is 9.23. The van der Waals surface area contributed by atoms with Gasteiger partial charge in [-0.2, -0.15) is 0 Å². The molecule has 0 saturated heterocycles.